The summed E-state index contributed by atoms with van der Waals surface area (Å²) in [5, 5.41) is 6.40. The summed E-state index contributed by atoms with van der Waals surface area (Å²) in [5.74, 6) is 0.307. The number of hydrogen-bond acceptors (Lipinski definition) is 4. The average molecular weight is 327 g/mol. The van der Waals surface area contributed by atoms with E-state index in [4.69, 9.17) is 4.74 Å². The van der Waals surface area contributed by atoms with Gasteiger partial charge in [-0.05, 0) is 23.6 Å². The number of carbonyl (C=O) groups is 1. The predicted molar refractivity (Wildman–Crippen MR) is 90.2 cm³/mol. The standard InChI is InChI=1S/C17H17N3O2S/c1-19(11-14-9-6-10-23-14)17(21)16-15(22-2)12-20(18-16)13-7-4-3-5-8-13/h3-10,12H,11H2,1-2H3. The zero-order chi connectivity index (χ0) is 16.2. The van der Waals surface area contributed by atoms with E-state index in [1.165, 1.54) is 0 Å². The predicted octanol–water partition coefficient (Wildman–Crippen LogP) is 3.21. The van der Waals surface area contributed by atoms with Crippen molar-refractivity contribution in [1.29, 1.82) is 0 Å². The first-order valence-electron chi connectivity index (χ1n) is 7.16. The van der Waals surface area contributed by atoms with E-state index in [1.807, 2.05) is 47.8 Å². The van der Waals surface area contributed by atoms with Crippen molar-refractivity contribution in [2.24, 2.45) is 0 Å². The Kier molecular flexibility index (Phi) is 4.43. The largest absolute Gasteiger partial charge is 0.493 e. The number of amides is 1. The van der Waals surface area contributed by atoms with Crippen molar-refractivity contribution in [3.63, 3.8) is 0 Å². The molecular formula is C17H17N3O2S. The fourth-order valence-electron chi connectivity index (χ4n) is 2.26. The third kappa shape index (κ3) is 3.27. The van der Waals surface area contributed by atoms with Gasteiger partial charge in [0, 0.05) is 11.9 Å². The van der Waals surface area contributed by atoms with Crippen LogP contribution in [0.3, 0.4) is 0 Å². The Morgan fingerprint density at radius 3 is 2.70 bits per heavy atom. The number of thiophene rings is 1. The first-order valence-corrected chi connectivity index (χ1v) is 8.04. The second-order valence-corrected chi connectivity index (χ2v) is 6.10. The van der Waals surface area contributed by atoms with Gasteiger partial charge in [0.2, 0.25) is 0 Å². The normalized spacial score (nSPS) is 10.5. The molecular weight excluding hydrogens is 310 g/mol. The van der Waals surface area contributed by atoms with Crippen LogP contribution in [-0.2, 0) is 6.54 Å². The van der Waals surface area contributed by atoms with Crippen LogP contribution in [0.1, 0.15) is 15.4 Å². The molecule has 0 aliphatic heterocycles. The lowest BCUT2D eigenvalue weighted by atomic mass is 10.3. The molecule has 0 saturated carbocycles. The van der Waals surface area contributed by atoms with Gasteiger partial charge in [-0.15, -0.1) is 11.3 Å². The average Bonchev–Trinajstić information content (AvgIpc) is 3.24. The number of rotatable bonds is 5. The van der Waals surface area contributed by atoms with E-state index in [2.05, 4.69) is 5.10 Å². The highest BCUT2D eigenvalue weighted by molar-refractivity contribution is 7.09. The van der Waals surface area contributed by atoms with Gasteiger partial charge in [0.15, 0.2) is 11.4 Å². The van der Waals surface area contributed by atoms with E-state index in [0.717, 1.165) is 10.6 Å². The molecule has 0 bridgehead atoms. The maximum atomic E-state index is 12.7. The Balaban J connectivity index is 1.86. The summed E-state index contributed by atoms with van der Waals surface area (Å²) in [6.07, 6.45) is 1.72. The highest BCUT2D eigenvalue weighted by Gasteiger charge is 2.22. The molecule has 0 aliphatic rings. The Bertz CT molecular complexity index is 782. The highest BCUT2D eigenvalue weighted by atomic mass is 32.1. The van der Waals surface area contributed by atoms with Crippen molar-refractivity contribution in [1.82, 2.24) is 14.7 Å². The van der Waals surface area contributed by atoms with Crippen molar-refractivity contribution in [2.45, 2.75) is 6.54 Å². The van der Waals surface area contributed by atoms with Crippen LogP contribution in [0.5, 0.6) is 5.75 Å². The summed E-state index contributed by atoms with van der Waals surface area (Å²) >= 11 is 1.63. The molecule has 2 heterocycles. The number of ether oxygens (including phenoxy) is 1. The van der Waals surface area contributed by atoms with Crippen LogP contribution in [0.4, 0.5) is 0 Å². The molecule has 3 aromatic rings. The molecule has 118 valence electrons. The number of benzene rings is 1. The zero-order valence-electron chi connectivity index (χ0n) is 13.0. The molecule has 3 rings (SSSR count). The minimum absolute atomic E-state index is 0.162. The summed E-state index contributed by atoms with van der Waals surface area (Å²) in [6.45, 7) is 0.553. The Hall–Kier alpha value is -2.60. The molecule has 1 aromatic carbocycles. The van der Waals surface area contributed by atoms with Gasteiger partial charge < -0.3 is 9.64 Å². The van der Waals surface area contributed by atoms with E-state index >= 15 is 0 Å². The SMILES string of the molecule is COc1cn(-c2ccccc2)nc1C(=O)N(C)Cc1cccs1. The quantitative estimate of drug-likeness (QED) is 0.723. The lowest BCUT2D eigenvalue weighted by Gasteiger charge is -2.15. The van der Waals surface area contributed by atoms with Crippen LogP contribution in [0.2, 0.25) is 0 Å². The molecule has 6 heteroatoms. The minimum atomic E-state index is -0.162. The maximum absolute atomic E-state index is 12.7. The topological polar surface area (TPSA) is 47.4 Å². The maximum Gasteiger partial charge on any atom is 0.278 e. The Labute approximate surface area is 138 Å². The zero-order valence-corrected chi connectivity index (χ0v) is 13.8. The van der Waals surface area contributed by atoms with Crippen LogP contribution >= 0.6 is 11.3 Å². The van der Waals surface area contributed by atoms with E-state index in [9.17, 15) is 4.79 Å². The van der Waals surface area contributed by atoms with Crippen molar-refractivity contribution >= 4 is 17.2 Å². The van der Waals surface area contributed by atoms with Gasteiger partial charge in [-0.2, -0.15) is 5.10 Å². The molecule has 0 aliphatic carbocycles. The lowest BCUT2D eigenvalue weighted by molar-refractivity contribution is 0.0777. The number of hydrogen-bond donors (Lipinski definition) is 0. The van der Waals surface area contributed by atoms with Crippen LogP contribution < -0.4 is 4.74 Å². The van der Waals surface area contributed by atoms with Gasteiger partial charge in [0.1, 0.15) is 0 Å². The first kappa shape index (κ1) is 15.3. The smallest absolute Gasteiger partial charge is 0.278 e. The summed E-state index contributed by atoms with van der Waals surface area (Å²) in [7, 11) is 3.31. The van der Waals surface area contributed by atoms with Crippen molar-refractivity contribution in [2.75, 3.05) is 14.2 Å². The monoisotopic (exact) mass is 327 g/mol. The number of para-hydroxylation sites is 1. The molecule has 0 atom stereocenters. The van der Waals surface area contributed by atoms with Gasteiger partial charge in [-0.3, -0.25) is 4.79 Å². The first-order chi connectivity index (χ1) is 11.2. The number of nitrogens with zero attached hydrogens (tertiary/aromatic N) is 3. The summed E-state index contributed by atoms with van der Waals surface area (Å²) in [5.41, 5.74) is 1.20. The molecule has 0 radical (unpaired) electrons. The third-order valence-electron chi connectivity index (χ3n) is 3.44. The van der Waals surface area contributed by atoms with Gasteiger partial charge in [-0.25, -0.2) is 4.68 Å². The molecule has 0 spiro atoms. The fourth-order valence-corrected chi connectivity index (χ4v) is 3.01. The minimum Gasteiger partial charge on any atom is -0.493 e. The summed E-state index contributed by atoms with van der Waals surface area (Å²) in [4.78, 5) is 15.4. The highest BCUT2D eigenvalue weighted by Crippen LogP contribution is 2.22. The Morgan fingerprint density at radius 1 is 1.26 bits per heavy atom. The number of methoxy groups -OCH3 is 1. The number of aromatic nitrogens is 2. The summed E-state index contributed by atoms with van der Waals surface area (Å²) < 4.78 is 6.98. The van der Waals surface area contributed by atoms with Gasteiger partial charge >= 0.3 is 0 Å². The molecule has 0 N–H and O–H groups in total. The lowest BCUT2D eigenvalue weighted by Crippen LogP contribution is -2.26. The number of carbonyl (C=O) groups excluding carboxylic acids is 1. The molecule has 1 amide bonds. The molecule has 5 nitrogen and oxygen atoms in total. The van der Waals surface area contributed by atoms with Crippen LogP contribution in [0, 0.1) is 0 Å². The van der Waals surface area contributed by atoms with E-state index in [-0.39, 0.29) is 5.91 Å². The second kappa shape index (κ2) is 6.66. The summed E-state index contributed by atoms with van der Waals surface area (Å²) in [6, 6.07) is 13.6. The third-order valence-corrected chi connectivity index (χ3v) is 4.30. The fraction of sp³-hybridized carbons (Fsp3) is 0.176. The van der Waals surface area contributed by atoms with E-state index in [0.29, 0.717) is 18.0 Å². The Morgan fingerprint density at radius 2 is 2.04 bits per heavy atom. The van der Waals surface area contributed by atoms with E-state index < -0.39 is 0 Å². The van der Waals surface area contributed by atoms with Crippen molar-refractivity contribution in [3.05, 3.63) is 64.6 Å². The molecule has 0 unspecified atom stereocenters. The van der Waals surface area contributed by atoms with Crippen molar-refractivity contribution < 1.29 is 9.53 Å². The van der Waals surface area contributed by atoms with Crippen LogP contribution in [0.25, 0.3) is 5.69 Å². The van der Waals surface area contributed by atoms with E-state index in [1.54, 1.807) is 41.3 Å². The van der Waals surface area contributed by atoms with Gasteiger partial charge in [0.25, 0.3) is 5.91 Å². The molecule has 23 heavy (non-hydrogen) atoms. The van der Waals surface area contributed by atoms with Crippen LogP contribution in [0.15, 0.2) is 54.0 Å². The van der Waals surface area contributed by atoms with Crippen LogP contribution in [-0.4, -0.2) is 34.7 Å². The molecule has 0 fully saturated rings. The molecule has 0 saturated heterocycles. The van der Waals surface area contributed by atoms with Gasteiger partial charge in [0.05, 0.1) is 25.5 Å². The second-order valence-electron chi connectivity index (χ2n) is 5.07. The van der Waals surface area contributed by atoms with Gasteiger partial charge in [-0.1, -0.05) is 24.3 Å². The molecule has 2 aromatic heterocycles. The van der Waals surface area contributed by atoms with Crippen molar-refractivity contribution in [3.8, 4) is 11.4 Å².